The summed E-state index contributed by atoms with van der Waals surface area (Å²) < 4.78 is 25.5. The van der Waals surface area contributed by atoms with E-state index in [4.69, 9.17) is 23.2 Å². The quantitative estimate of drug-likeness (QED) is 0.783. The van der Waals surface area contributed by atoms with Crippen LogP contribution in [0.3, 0.4) is 0 Å². The van der Waals surface area contributed by atoms with Crippen molar-refractivity contribution >= 4 is 33.2 Å². The molecule has 0 saturated heterocycles. The first-order valence-electron chi connectivity index (χ1n) is 5.24. The van der Waals surface area contributed by atoms with Crippen molar-refractivity contribution in [3.63, 3.8) is 0 Å². The monoisotopic (exact) mass is 295 g/mol. The second-order valence-electron chi connectivity index (χ2n) is 3.71. The zero-order valence-electron chi connectivity index (χ0n) is 9.78. The Hall–Kier alpha value is -0.290. The highest BCUT2D eigenvalue weighted by Gasteiger charge is 2.20. The third-order valence-corrected chi connectivity index (χ3v) is 4.91. The third kappa shape index (κ3) is 3.35. The predicted octanol–water partition coefficient (Wildman–Crippen LogP) is 3.11. The van der Waals surface area contributed by atoms with Crippen LogP contribution in [-0.2, 0) is 15.9 Å². The summed E-state index contributed by atoms with van der Waals surface area (Å²) in [7, 11) is -1.89. The maximum atomic E-state index is 12.1. The molecule has 1 aromatic carbocycles. The summed E-state index contributed by atoms with van der Waals surface area (Å²) >= 11 is 11.6. The van der Waals surface area contributed by atoms with Crippen LogP contribution in [0.1, 0.15) is 18.9 Å². The third-order valence-electron chi connectivity index (χ3n) is 2.42. The smallest absolute Gasteiger partial charge is 0.207 e. The van der Waals surface area contributed by atoms with Crippen LogP contribution in [0.25, 0.3) is 0 Å². The maximum Gasteiger partial charge on any atom is 0.242 e. The van der Waals surface area contributed by atoms with Crippen LogP contribution in [0.5, 0.6) is 0 Å². The van der Waals surface area contributed by atoms with Gasteiger partial charge in [-0.05, 0) is 24.1 Å². The number of hydrogen-bond donors (Lipinski definition) is 0. The number of sulfonamides is 1. The number of alkyl halides is 1. The fourth-order valence-corrected chi connectivity index (χ4v) is 3.32. The van der Waals surface area contributed by atoms with Crippen LogP contribution in [-0.4, -0.2) is 26.3 Å². The van der Waals surface area contributed by atoms with Gasteiger partial charge in [0.15, 0.2) is 0 Å². The van der Waals surface area contributed by atoms with E-state index in [9.17, 15) is 8.42 Å². The van der Waals surface area contributed by atoms with Crippen molar-refractivity contribution in [1.82, 2.24) is 4.31 Å². The molecule has 0 aromatic heterocycles. The molecule has 0 radical (unpaired) electrons. The van der Waals surface area contributed by atoms with Crippen LogP contribution >= 0.6 is 23.2 Å². The molecule has 0 bridgehead atoms. The van der Waals surface area contributed by atoms with Crippen molar-refractivity contribution in [3.8, 4) is 0 Å². The molecular weight excluding hydrogens is 281 g/mol. The van der Waals surface area contributed by atoms with Gasteiger partial charge in [-0.1, -0.05) is 24.6 Å². The van der Waals surface area contributed by atoms with Crippen LogP contribution in [0.4, 0.5) is 0 Å². The summed E-state index contributed by atoms with van der Waals surface area (Å²) in [6, 6.07) is 4.62. The van der Waals surface area contributed by atoms with Crippen molar-refractivity contribution in [2.45, 2.75) is 24.1 Å². The summed E-state index contributed by atoms with van der Waals surface area (Å²) in [5.74, 6) is 0.268. The van der Waals surface area contributed by atoms with E-state index in [1.807, 2.05) is 6.92 Å². The molecule has 1 rings (SSSR count). The lowest BCUT2D eigenvalue weighted by atomic mass is 10.2. The minimum absolute atomic E-state index is 0.201. The number of hydrogen-bond acceptors (Lipinski definition) is 2. The molecule has 0 heterocycles. The molecule has 96 valence electrons. The molecule has 0 unspecified atom stereocenters. The number of rotatable bonds is 5. The number of halogens is 2. The number of benzene rings is 1. The van der Waals surface area contributed by atoms with Gasteiger partial charge in [-0.25, -0.2) is 12.7 Å². The van der Waals surface area contributed by atoms with E-state index in [1.54, 1.807) is 13.1 Å². The summed E-state index contributed by atoms with van der Waals surface area (Å²) in [5, 5.41) is 0.381. The summed E-state index contributed by atoms with van der Waals surface area (Å²) in [6.45, 7) is 2.41. The lowest BCUT2D eigenvalue weighted by Crippen LogP contribution is -2.27. The molecule has 3 nitrogen and oxygen atoms in total. The van der Waals surface area contributed by atoms with Crippen molar-refractivity contribution in [2.24, 2.45) is 0 Å². The fourth-order valence-electron chi connectivity index (χ4n) is 1.41. The Morgan fingerprint density at radius 3 is 2.47 bits per heavy atom. The first kappa shape index (κ1) is 14.8. The minimum atomic E-state index is -3.44. The Bertz CT molecular complexity index is 488. The van der Waals surface area contributed by atoms with Gasteiger partial charge >= 0.3 is 0 Å². The van der Waals surface area contributed by atoms with Gasteiger partial charge < -0.3 is 0 Å². The summed E-state index contributed by atoms with van der Waals surface area (Å²) in [4.78, 5) is 0.201. The van der Waals surface area contributed by atoms with E-state index in [0.29, 0.717) is 11.6 Å². The molecule has 0 atom stereocenters. The van der Waals surface area contributed by atoms with Gasteiger partial charge in [-0.15, -0.1) is 11.6 Å². The molecule has 0 fully saturated rings. The minimum Gasteiger partial charge on any atom is -0.207 e. The highest BCUT2D eigenvalue weighted by Crippen LogP contribution is 2.23. The van der Waals surface area contributed by atoms with E-state index in [2.05, 4.69) is 0 Å². The van der Waals surface area contributed by atoms with Gasteiger partial charge in [0, 0.05) is 24.5 Å². The van der Waals surface area contributed by atoms with Crippen LogP contribution < -0.4 is 0 Å². The zero-order valence-corrected chi connectivity index (χ0v) is 12.1. The largest absolute Gasteiger partial charge is 0.242 e. The predicted molar refractivity (Wildman–Crippen MR) is 71.1 cm³/mol. The van der Waals surface area contributed by atoms with E-state index in [0.717, 1.165) is 12.0 Å². The van der Waals surface area contributed by atoms with Crippen LogP contribution in [0, 0.1) is 0 Å². The topological polar surface area (TPSA) is 37.4 Å². The Morgan fingerprint density at radius 2 is 2.00 bits per heavy atom. The van der Waals surface area contributed by atoms with E-state index in [-0.39, 0.29) is 10.8 Å². The van der Waals surface area contributed by atoms with Gasteiger partial charge in [0.05, 0.1) is 4.90 Å². The van der Waals surface area contributed by atoms with Gasteiger partial charge in [-0.3, -0.25) is 0 Å². The van der Waals surface area contributed by atoms with Crippen molar-refractivity contribution in [3.05, 3.63) is 28.8 Å². The zero-order chi connectivity index (χ0) is 13.1. The van der Waals surface area contributed by atoms with Crippen LogP contribution in [0.15, 0.2) is 23.1 Å². The summed E-state index contributed by atoms with van der Waals surface area (Å²) in [5.41, 5.74) is 0.727. The second kappa shape index (κ2) is 6.05. The van der Waals surface area contributed by atoms with Crippen molar-refractivity contribution in [1.29, 1.82) is 0 Å². The molecular formula is C11H15Cl2NO2S. The lowest BCUT2D eigenvalue weighted by molar-refractivity contribution is 0.468. The molecule has 0 aliphatic carbocycles. The fraction of sp³-hybridized carbons (Fsp3) is 0.455. The normalized spacial score (nSPS) is 12.1. The first-order valence-corrected chi connectivity index (χ1v) is 7.59. The van der Waals surface area contributed by atoms with Gasteiger partial charge in [-0.2, -0.15) is 0 Å². The molecule has 17 heavy (non-hydrogen) atoms. The Labute approximate surface area is 112 Å². The molecule has 0 N–H and O–H groups in total. The molecule has 1 aromatic rings. The standard InChI is InChI=1S/C11H15Cl2NO2S/c1-3-6-14(2)17(15,16)10-5-4-9(8-12)11(13)7-10/h4-5,7H,3,6,8H2,1-2H3. The second-order valence-corrected chi connectivity index (χ2v) is 6.43. The Morgan fingerprint density at radius 1 is 1.35 bits per heavy atom. The van der Waals surface area contributed by atoms with Gasteiger partial charge in [0.2, 0.25) is 10.0 Å². The average molecular weight is 296 g/mol. The van der Waals surface area contributed by atoms with Gasteiger partial charge in [0.1, 0.15) is 0 Å². The Kier molecular flexibility index (Phi) is 5.25. The van der Waals surface area contributed by atoms with Crippen LogP contribution in [0.2, 0.25) is 5.02 Å². The highest BCUT2D eigenvalue weighted by molar-refractivity contribution is 7.89. The molecule has 0 spiro atoms. The maximum absolute atomic E-state index is 12.1. The lowest BCUT2D eigenvalue weighted by Gasteiger charge is -2.16. The first-order chi connectivity index (χ1) is 7.93. The van der Waals surface area contributed by atoms with Gasteiger partial charge in [0.25, 0.3) is 0 Å². The highest BCUT2D eigenvalue weighted by atomic mass is 35.5. The number of nitrogens with zero attached hydrogens (tertiary/aromatic N) is 1. The van der Waals surface area contributed by atoms with Crippen molar-refractivity contribution < 1.29 is 8.42 Å². The van der Waals surface area contributed by atoms with E-state index in [1.165, 1.54) is 16.4 Å². The van der Waals surface area contributed by atoms with Crippen molar-refractivity contribution in [2.75, 3.05) is 13.6 Å². The molecule has 0 amide bonds. The van der Waals surface area contributed by atoms with E-state index >= 15 is 0 Å². The van der Waals surface area contributed by atoms with E-state index < -0.39 is 10.0 Å². The Balaban J connectivity index is 3.12. The average Bonchev–Trinajstić information content (AvgIpc) is 2.29. The molecule has 0 saturated carbocycles. The summed E-state index contributed by atoms with van der Waals surface area (Å²) in [6.07, 6.45) is 0.767. The SMILES string of the molecule is CCCN(C)S(=O)(=O)c1ccc(CCl)c(Cl)c1. The molecule has 6 heteroatoms. The molecule has 0 aliphatic rings. The molecule has 0 aliphatic heterocycles.